The molecule has 132 valence electrons. The van der Waals surface area contributed by atoms with Crippen LogP contribution in [0.3, 0.4) is 0 Å². The first-order valence-corrected chi connectivity index (χ1v) is 9.80. The summed E-state index contributed by atoms with van der Waals surface area (Å²) in [4.78, 5) is 10.8. The molecule has 0 aromatic carbocycles. The van der Waals surface area contributed by atoms with Gasteiger partial charge in [0.15, 0.2) is 10.4 Å². The molecule has 0 aliphatic carbocycles. The minimum atomic E-state index is -3.58. The average Bonchev–Trinajstić information content (AvgIpc) is 2.74. The highest BCUT2D eigenvalue weighted by Crippen LogP contribution is 2.35. The molecule has 2 aromatic rings. The number of pyridine rings is 2. The molecule has 0 amide bonds. The van der Waals surface area contributed by atoms with Gasteiger partial charge in [-0.05, 0) is 17.7 Å². The molecule has 1 atom stereocenters. The van der Waals surface area contributed by atoms with Gasteiger partial charge in [0.25, 0.3) is 5.88 Å². The molecule has 1 fully saturated rings. The van der Waals surface area contributed by atoms with E-state index in [0.29, 0.717) is 0 Å². The molecule has 0 saturated carbocycles. The number of fused-ring (bicyclic) bond motifs is 1. The Balaban J connectivity index is 1.49. The maximum Gasteiger partial charge on any atom is 0.272 e. The zero-order valence-electron chi connectivity index (χ0n) is 13.8. The molecule has 4 heterocycles. The van der Waals surface area contributed by atoms with Crippen molar-refractivity contribution < 1.29 is 13.5 Å². The van der Waals surface area contributed by atoms with E-state index in [1.165, 1.54) is 11.6 Å². The summed E-state index contributed by atoms with van der Waals surface area (Å²) in [5.74, 6) is 0.202. The fourth-order valence-electron chi connectivity index (χ4n) is 3.35. The van der Waals surface area contributed by atoms with E-state index in [4.69, 9.17) is 4.74 Å². The lowest BCUT2D eigenvalue weighted by Crippen LogP contribution is -2.53. The molecule has 1 spiro atoms. The number of rotatable bonds is 2. The standard InChI is InChI=1S/C17H20N4O3S/c22-25(23)15-4-2-8-19-16(15)24-17(13-20-25)5-9-21(10-6-17)12-14-3-1-7-18-11-14/h1-4,7-8,11H,5-6,9-10,12-13H2,(H-,20,22,23). The van der Waals surface area contributed by atoms with Crippen LogP contribution >= 0.6 is 0 Å². The Kier molecular flexibility index (Phi) is 4.28. The van der Waals surface area contributed by atoms with Gasteiger partial charge in [0.05, 0.1) is 6.54 Å². The third-order valence-corrected chi connectivity index (χ3v) is 6.23. The molecule has 0 bridgehead atoms. The second kappa shape index (κ2) is 6.45. The summed E-state index contributed by atoms with van der Waals surface area (Å²) in [6.07, 6.45) is 6.69. The molecule has 25 heavy (non-hydrogen) atoms. The van der Waals surface area contributed by atoms with Crippen molar-refractivity contribution in [3.63, 3.8) is 0 Å². The lowest BCUT2D eigenvalue weighted by atomic mass is 9.91. The molecule has 8 heteroatoms. The van der Waals surface area contributed by atoms with E-state index < -0.39 is 16.0 Å². The van der Waals surface area contributed by atoms with Gasteiger partial charge in [-0.25, -0.2) is 4.98 Å². The third kappa shape index (κ3) is 3.43. The topological polar surface area (TPSA) is 90.4 Å². The fourth-order valence-corrected chi connectivity index (χ4v) is 4.54. The maximum atomic E-state index is 12.4. The zero-order chi connectivity index (χ0) is 17.3. The van der Waals surface area contributed by atoms with Gasteiger partial charge in [-0.2, -0.15) is 0 Å². The summed E-state index contributed by atoms with van der Waals surface area (Å²) in [6.45, 7) is 2.77. The second-order valence-corrected chi connectivity index (χ2v) is 8.29. The molecule has 2 aliphatic heterocycles. The van der Waals surface area contributed by atoms with E-state index in [-0.39, 0.29) is 17.3 Å². The molecule has 7 nitrogen and oxygen atoms in total. The summed E-state index contributed by atoms with van der Waals surface area (Å²) < 4.78 is 33.6. The Bertz CT molecular complexity index is 793. The highest BCUT2D eigenvalue weighted by Gasteiger charge is 2.44. The number of aromatic nitrogens is 2. The fraction of sp³-hybridized carbons (Fsp3) is 0.412. The van der Waals surface area contributed by atoms with Crippen LogP contribution in [0.2, 0.25) is 0 Å². The van der Waals surface area contributed by atoms with Crippen LogP contribution in [0.15, 0.2) is 47.8 Å². The van der Waals surface area contributed by atoms with Gasteiger partial charge in [0.1, 0.15) is 5.60 Å². The van der Waals surface area contributed by atoms with Crippen molar-refractivity contribution in [1.82, 2.24) is 19.6 Å². The van der Waals surface area contributed by atoms with Crippen LogP contribution in [-0.4, -0.2) is 44.7 Å². The average molecular weight is 360 g/mol. The summed E-state index contributed by atoms with van der Waals surface area (Å²) in [5.41, 5.74) is 0.630. The second-order valence-electron chi connectivity index (χ2n) is 6.55. The maximum absolute atomic E-state index is 12.4. The van der Waals surface area contributed by atoms with E-state index >= 15 is 0 Å². The number of nitrogens with zero attached hydrogens (tertiary/aromatic N) is 3. The smallest absolute Gasteiger partial charge is 0.272 e. The SMILES string of the molecule is O=[S+]1([O-])NCC2(CCN(Cc3cccnc3)CC2)Oc2ncccc21. The predicted molar refractivity (Wildman–Crippen MR) is 91.4 cm³/mol. The number of piperidine rings is 1. The van der Waals surface area contributed by atoms with Crippen molar-refractivity contribution in [1.29, 1.82) is 0 Å². The molecule has 4 rings (SSSR count). The van der Waals surface area contributed by atoms with Gasteiger partial charge in [0, 0.05) is 57.1 Å². The molecule has 1 N–H and O–H groups in total. The molecule has 0 radical (unpaired) electrons. The molecule has 2 aliphatic rings. The molecular formula is C17H20N4O3S. The van der Waals surface area contributed by atoms with E-state index in [0.717, 1.165) is 32.5 Å². The first-order chi connectivity index (χ1) is 12.1. The first kappa shape index (κ1) is 16.6. The van der Waals surface area contributed by atoms with Crippen LogP contribution in [0.1, 0.15) is 18.4 Å². The van der Waals surface area contributed by atoms with E-state index in [1.807, 2.05) is 12.3 Å². The predicted octanol–water partition coefficient (Wildman–Crippen LogP) is 1.40. The van der Waals surface area contributed by atoms with Crippen molar-refractivity contribution in [3.8, 4) is 5.88 Å². The van der Waals surface area contributed by atoms with Gasteiger partial charge < -0.3 is 9.29 Å². The van der Waals surface area contributed by atoms with Crippen LogP contribution in [-0.2, 0) is 21.2 Å². The van der Waals surface area contributed by atoms with Crippen LogP contribution in [0, 0.1) is 0 Å². The Hall–Kier alpha value is -1.87. The van der Waals surface area contributed by atoms with Crippen molar-refractivity contribution >= 4 is 10.4 Å². The van der Waals surface area contributed by atoms with Gasteiger partial charge in [-0.3, -0.25) is 9.88 Å². The van der Waals surface area contributed by atoms with E-state index in [2.05, 4.69) is 25.7 Å². The molecule has 1 unspecified atom stereocenters. The van der Waals surface area contributed by atoms with Crippen LogP contribution in [0.5, 0.6) is 5.88 Å². The number of hydrogen-bond donors (Lipinski definition) is 1. The Morgan fingerprint density at radius 3 is 2.84 bits per heavy atom. The number of nitrogens with one attached hydrogen (secondary N) is 1. The van der Waals surface area contributed by atoms with Gasteiger partial charge in [-0.15, -0.1) is 4.72 Å². The summed E-state index contributed by atoms with van der Waals surface area (Å²) >= 11 is 0. The highest BCUT2D eigenvalue weighted by molar-refractivity contribution is 7.95. The van der Waals surface area contributed by atoms with Gasteiger partial charge >= 0.3 is 0 Å². The van der Waals surface area contributed by atoms with Gasteiger partial charge in [-0.1, -0.05) is 10.3 Å². The summed E-state index contributed by atoms with van der Waals surface area (Å²) in [7, 11) is -3.58. The molecule has 1 saturated heterocycles. The van der Waals surface area contributed by atoms with Gasteiger partial charge in [0.2, 0.25) is 4.90 Å². The van der Waals surface area contributed by atoms with Crippen LogP contribution in [0.4, 0.5) is 0 Å². The lowest BCUT2D eigenvalue weighted by molar-refractivity contribution is 0.000215. The van der Waals surface area contributed by atoms with Crippen molar-refractivity contribution in [2.24, 2.45) is 0 Å². The largest absolute Gasteiger partial charge is 0.593 e. The quantitative estimate of drug-likeness (QED) is 0.814. The lowest BCUT2D eigenvalue weighted by Gasteiger charge is -2.40. The first-order valence-electron chi connectivity index (χ1n) is 8.31. The Morgan fingerprint density at radius 1 is 1.28 bits per heavy atom. The van der Waals surface area contributed by atoms with Crippen molar-refractivity contribution in [2.45, 2.75) is 29.9 Å². The van der Waals surface area contributed by atoms with Crippen LogP contribution in [0.25, 0.3) is 0 Å². The molecule has 2 aromatic heterocycles. The highest BCUT2D eigenvalue weighted by atomic mass is 32.3. The monoisotopic (exact) mass is 360 g/mol. The van der Waals surface area contributed by atoms with Crippen molar-refractivity contribution in [2.75, 3.05) is 19.6 Å². The Morgan fingerprint density at radius 2 is 2.08 bits per heavy atom. The number of ether oxygens (including phenoxy) is 1. The summed E-state index contributed by atoms with van der Waals surface area (Å²) in [5, 5.41) is 0. The minimum Gasteiger partial charge on any atom is -0.593 e. The van der Waals surface area contributed by atoms with Crippen molar-refractivity contribution in [3.05, 3.63) is 48.4 Å². The number of hydrogen-bond acceptors (Lipinski definition) is 6. The zero-order valence-corrected chi connectivity index (χ0v) is 14.6. The Labute approximate surface area is 147 Å². The van der Waals surface area contributed by atoms with E-state index in [9.17, 15) is 8.76 Å². The number of sulfonamides is 1. The number of likely N-dealkylation sites (tertiary alicyclic amines) is 1. The minimum absolute atomic E-state index is 0.115. The normalized spacial score (nSPS) is 25.8. The van der Waals surface area contributed by atoms with Crippen LogP contribution < -0.4 is 9.46 Å². The van der Waals surface area contributed by atoms with E-state index in [1.54, 1.807) is 18.5 Å². The molecular weight excluding hydrogens is 340 g/mol. The summed E-state index contributed by atoms with van der Waals surface area (Å²) in [6, 6.07) is 7.14. The third-order valence-electron chi connectivity index (χ3n) is 4.82.